The number of carboxylic acid groups (broad SMARTS) is 1. The Morgan fingerprint density at radius 1 is 0.816 bits per heavy atom. The van der Waals surface area contributed by atoms with Crippen molar-refractivity contribution in [3.05, 3.63) is 107 Å². The van der Waals surface area contributed by atoms with Gasteiger partial charge in [0.25, 0.3) is 5.91 Å². The quantitative estimate of drug-likeness (QED) is 0.343. The van der Waals surface area contributed by atoms with Gasteiger partial charge in [-0.25, -0.2) is 4.79 Å². The first-order valence-electron chi connectivity index (χ1n) is 12.6. The minimum absolute atomic E-state index is 0.133. The highest BCUT2D eigenvalue weighted by Crippen LogP contribution is 2.22. The number of aryl methyl sites for hydroxylation is 2. The molecule has 0 radical (unpaired) electrons. The summed E-state index contributed by atoms with van der Waals surface area (Å²) in [5.41, 5.74) is 4.99. The summed E-state index contributed by atoms with van der Waals surface area (Å²) in [5, 5.41) is 11.1. The molecule has 1 heterocycles. The van der Waals surface area contributed by atoms with Gasteiger partial charge in [-0.2, -0.15) is 0 Å². The smallest absolute Gasteiger partial charge is 0.326 e. The number of amides is 2. The predicted octanol–water partition coefficient (Wildman–Crippen LogP) is 4.62. The summed E-state index contributed by atoms with van der Waals surface area (Å²) >= 11 is 0. The number of nitrogens with one attached hydrogen (secondary N) is 1. The van der Waals surface area contributed by atoms with E-state index in [2.05, 4.69) is 4.98 Å². The van der Waals surface area contributed by atoms with Crippen LogP contribution in [0.1, 0.15) is 32.6 Å². The van der Waals surface area contributed by atoms with Crippen LogP contribution in [0.3, 0.4) is 0 Å². The van der Waals surface area contributed by atoms with E-state index in [0.29, 0.717) is 5.56 Å². The maximum atomic E-state index is 14.0. The van der Waals surface area contributed by atoms with Crippen LogP contribution in [-0.4, -0.2) is 63.9 Å². The number of carbonyl (C=O) groups is 3. The Kier molecular flexibility index (Phi) is 7.96. The topological polar surface area (TPSA) is 93.7 Å². The molecule has 3 aromatic carbocycles. The zero-order valence-corrected chi connectivity index (χ0v) is 22.1. The van der Waals surface area contributed by atoms with Crippen LogP contribution in [-0.2, 0) is 22.4 Å². The number of rotatable bonds is 9. The van der Waals surface area contributed by atoms with Crippen molar-refractivity contribution in [3.8, 4) is 0 Å². The Bertz CT molecular complexity index is 1440. The van der Waals surface area contributed by atoms with Crippen molar-refractivity contribution >= 4 is 28.7 Å². The number of likely N-dealkylation sites (N-methyl/N-ethyl adjacent to an activating group) is 2. The van der Waals surface area contributed by atoms with Crippen molar-refractivity contribution in [1.29, 1.82) is 0 Å². The van der Waals surface area contributed by atoms with Crippen molar-refractivity contribution in [2.45, 2.75) is 38.8 Å². The van der Waals surface area contributed by atoms with Crippen LogP contribution >= 0.6 is 0 Å². The number of carbonyl (C=O) groups excluding carboxylic acids is 2. The van der Waals surface area contributed by atoms with E-state index in [0.717, 1.165) is 33.2 Å². The lowest BCUT2D eigenvalue weighted by Gasteiger charge is -2.33. The molecule has 4 aromatic rings. The fourth-order valence-electron chi connectivity index (χ4n) is 4.96. The average molecular weight is 512 g/mol. The molecule has 0 spiro atoms. The molecule has 0 unspecified atom stereocenters. The largest absolute Gasteiger partial charge is 0.480 e. The molecule has 0 bridgehead atoms. The Labute approximate surface area is 222 Å². The van der Waals surface area contributed by atoms with E-state index in [1.165, 1.54) is 16.8 Å². The number of nitrogens with zero attached hydrogens (tertiary/aromatic N) is 2. The second kappa shape index (κ2) is 11.3. The van der Waals surface area contributed by atoms with Crippen molar-refractivity contribution < 1.29 is 19.5 Å². The third-order valence-corrected chi connectivity index (χ3v) is 7.00. The molecular weight excluding hydrogens is 478 g/mol. The molecule has 7 heteroatoms. The van der Waals surface area contributed by atoms with Gasteiger partial charge in [-0.05, 0) is 43.2 Å². The molecular formula is C31H33N3O4. The minimum Gasteiger partial charge on any atom is -0.480 e. The summed E-state index contributed by atoms with van der Waals surface area (Å²) in [4.78, 5) is 45.8. The van der Waals surface area contributed by atoms with Crippen molar-refractivity contribution in [2.24, 2.45) is 0 Å². The molecule has 1 aromatic heterocycles. The first-order chi connectivity index (χ1) is 18.2. The van der Waals surface area contributed by atoms with Gasteiger partial charge in [-0.1, -0.05) is 65.7 Å². The fourth-order valence-corrected chi connectivity index (χ4v) is 4.96. The maximum Gasteiger partial charge on any atom is 0.326 e. The van der Waals surface area contributed by atoms with Crippen LogP contribution in [0, 0.1) is 13.8 Å². The number of aromatic nitrogens is 1. The number of aliphatic carboxylic acids is 1. The fraction of sp³-hybridized carbons (Fsp3) is 0.258. The van der Waals surface area contributed by atoms with Gasteiger partial charge in [0, 0.05) is 49.6 Å². The van der Waals surface area contributed by atoms with Gasteiger partial charge in [0.2, 0.25) is 5.91 Å². The van der Waals surface area contributed by atoms with Gasteiger partial charge < -0.3 is 19.9 Å². The van der Waals surface area contributed by atoms with E-state index >= 15 is 0 Å². The summed E-state index contributed by atoms with van der Waals surface area (Å²) in [6.45, 7) is 3.85. The number of para-hydroxylation sites is 1. The van der Waals surface area contributed by atoms with Crippen molar-refractivity contribution in [3.63, 3.8) is 0 Å². The number of H-pyrrole nitrogens is 1. The molecule has 196 valence electrons. The minimum atomic E-state index is -1.11. The van der Waals surface area contributed by atoms with Crippen LogP contribution in [0.2, 0.25) is 0 Å². The van der Waals surface area contributed by atoms with Crippen molar-refractivity contribution in [1.82, 2.24) is 14.8 Å². The summed E-state index contributed by atoms with van der Waals surface area (Å²) in [5.74, 6) is -1.82. The second-order valence-electron chi connectivity index (χ2n) is 9.86. The molecule has 0 aliphatic heterocycles. The van der Waals surface area contributed by atoms with Crippen molar-refractivity contribution in [2.75, 3.05) is 14.1 Å². The lowest BCUT2D eigenvalue weighted by molar-refractivity contribution is -0.150. The summed E-state index contributed by atoms with van der Waals surface area (Å²) in [6.07, 6.45) is 2.18. The Balaban J connectivity index is 1.65. The predicted molar refractivity (Wildman–Crippen MR) is 148 cm³/mol. The molecule has 7 nitrogen and oxygen atoms in total. The Morgan fingerprint density at radius 3 is 2.11 bits per heavy atom. The highest BCUT2D eigenvalue weighted by atomic mass is 16.4. The maximum absolute atomic E-state index is 14.0. The van der Waals surface area contributed by atoms with Crippen LogP contribution < -0.4 is 0 Å². The Morgan fingerprint density at radius 2 is 1.45 bits per heavy atom. The third-order valence-electron chi connectivity index (χ3n) is 7.00. The number of carboxylic acids is 1. The normalized spacial score (nSPS) is 12.6. The van der Waals surface area contributed by atoms with Gasteiger partial charge in [-0.15, -0.1) is 0 Å². The molecule has 38 heavy (non-hydrogen) atoms. The Hall–Kier alpha value is -4.39. The summed E-state index contributed by atoms with van der Waals surface area (Å²) in [6, 6.07) is 20.7. The SMILES string of the molecule is Cc1cc(C)cc(C(=O)N(C)[C@@H](Cc2ccccc2)C(=O)N(C)[C@@H](Cc2c[nH]c3ccccc23)C(=O)O)c1. The molecule has 2 atom stereocenters. The third kappa shape index (κ3) is 5.78. The number of benzene rings is 3. The zero-order chi connectivity index (χ0) is 27.4. The first-order valence-corrected chi connectivity index (χ1v) is 12.6. The first kappa shape index (κ1) is 26.7. The number of hydrogen-bond donors (Lipinski definition) is 2. The summed E-state index contributed by atoms with van der Waals surface area (Å²) in [7, 11) is 3.11. The lowest BCUT2D eigenvalue weighted by atomic mass is 9.99. The van der Waals surface area contributed by atoms with Crippen LogP contribution in [0.5, 0.6) is 0 Å². The molecule has 0 saturated carbocycles. The molecule has 0 aliphatic rings. The van der Waals surface area contributed by atoms with Gasteiger partial charge in [0.1, 0.15) is 12.1 Å². The monoisotopic (exact) mass is 511 g/mol. The van der Waals surface area contributed by atoms with Crippen LogP contribution in [0.4, 0.5) is 0 Å². The number of aromatic amines is 1. The van der Waals surface area contributed by atoms with Gasteiger partial charge >= 0.3 is 5.97 Å². The van der Waals surface area contributed by atoms with Crippen LogP contribution in [0.15, 0.2) is 79.0 Å². The summed E-state index contributed by atoms with van der Waals surface area (Å²) < 4.78 is 0. The van der Waals surface area contributed by atoms with E-state index in [4.69, 9.17) is 0 Å². The van der Waals surface area contributed by atoms with Gasteiger partial charge in [0.15, 0.2) is 0 Å². The van der Waals surface area contributed by atoms with E-state index in [1.54, 1.807) is 25.4 Å². The van der Waals surface area contributed by atoms with E-state index in [1.807, 2.05) is 74.5 Å². The van der Waals surface area contributed by atoms with E-state index in [9.17, 15) is 19.5 Å². The van der Waals surface area contributed by atoms with E-state index < -0.39 is 24.0 Å². The molecule has 2 amide bonds. The van der Waals surface area contributed by atoms with E-state index in [-0.39, 0.29) is 18.7 Å². The number of fused-ring (bicyclic) bond motifs is 1. The average Bonchev–Trinajstić information content (AvgIpc) is 3.31. The highest BCUT2D eigenvalue weighted by molar-refractivity contribution is 5.98. The molecule has 0 fully saturated rings. The lowest BCUT2D eigenvalue weighted by Crippen LogP contribution is -2.54. The second-order valence-corrected chi connectivity index (χ2v) is 9.86. The molecule has 4 rings (SSSR count). The number of hydrogen-bond acceptors (Lipinski definition) is 3. The van der Waals surface area contributed by atoms with Gasteiger partial charge in [0.05, 0.1) is 0 Å². The standard InChI is InChI=1S/C31H33N3O4/c1-20-14-21(2)16-23(15-20)29(35)33(3)27(17-22-10-6-5-7-11-22)30(36)34(4)28(31(37)38)18-24-19-32-26-13-9-8-12-25(24)26/h5-16,19,27-28,32H,17-18H2,1-4H3,(H,37,38)/t27-,28-/m0/s1. The molecule has 2 N–H and O–H groups in total. The zero-order valence-electron chi connectivity index (χ0n) is 22.1. The van der Waals surface area contributed by atoms with Gasteiger partial charge in [-0.3, -0.25) is 9.59 Å². The molecule has 0 aliphatic carbocycles. The van der Waals surface area contributed by atoms with Crippen LogP contribution in [0.25, 0.3) is 10.9 Å². The molecule has 0 saturated heterocycles. The highest BCUT2D eigenvalue weighted by Gasteiger charge is 2.35.